The van der Waals surface area contributed by atoms with Crippen molar-refractivity contribution >= 4 is 11.9 Å². The molecule has 2 rings (SSSR count). The molecule has 1 aliphatic rings. The number of hydrogen-bond donors (Lipinski definition) is 0. The number of ether oxygens (including phenoxy) is 1. The van der Waals surface area contributed by atoms with Crippen molar-refractivity contribution in [3.05, 3.63) is 18.0 Å². The van der Waals surface area contributed by atoms with Gasteiger partial charge in [0.1, 0.15) is 6.26 Å². The molecule has 1 fully saturated rings. The Hall–Kier alpha value is -1.85. The van der Waals surface area contributed by atoms with Gasteiger partial charge in [0.05, 0.1) is 13.0 Å². The fourth-order valence-corrected chi connectivity index (χ4v) is 2.32. The first-order chi connectivity index (χ1) is 8.63. The lowest BCUT2D eigenvalue weighted by atomic mass is 9.87. The maximum Gasteiger partial charge on any atom is 0.309 e. The van der Waals surface area contributed by atoms with Crippen LogP contribution in [0.2, 0.25) is 0 Å². The van der Waals surface area contributed by atoms with Crippen molar-refractivity contribution in [3.63, 3.8) is 0 Å². The molecule has 1 amide bonds. The minimum absolute atomic E-state index is 0.0852. The predicted molar refractivity (Wildman–Crippen MR) is 61.7 cm³/mol. The van der Waals surface area contributed by atoms with Gasteiger partial charge in [0.25, 0.3) is 5.91 Å². The fourth-order valence-electron chi connectivity index (χ4n) is 2.32. The molecule has 0 aromatic carbocycles. The molecule has 2 heterocycles. The molecule has 6 nitrogen and oxygen atoms in total. The molecule has 1 aromatic heterocycles. The van der Waals surface area contributed by atoms with Crippen molar-refractivity contribution in [1.82, 2.24) is 10.1 Å². The second-order valence-electron chi connectivity index (χ2n) is 4.53. The van der Waals surface area contributed by atoms with Crippen LogP contribution in [0.15, 0.2) is 16.9 Å². The number of esters is 1. The van der Waals surface area contributed by atoms with Gasteiger partial charge in [0, 0.05) is 19.2 Å². The van der Waals surface area contributed by atoms with E-state index in [1.54, 1.807) is 11.0 Å². The quantitative estimate of drug-likeness (QED) is 0.732. The van der Waals surface area contributed by atoms with E-state index in [0.29, 0.717) is 25.2 Å². The Morgan fingerprint density at radius 2 is 2.33 bits per heavy atom. The van der Waals surface area contributed by atoms with Gasteiger partial charge in [0.15, 0.2) is 5.69 Å². The van der Waals surface area contributed by atoms with Gasteiger partial charge in [-0.1, -0.05) is 12.1 Å². The van der Waals surface area contributed by atoms with E-state index in [2.05, 4.69) is 9.68 Å². The van der Waals surface area contributed by atoms with E-state index in [0.717, 1.165) is 0 Å². The summed E-state index contributed by atoms with van der Waals surface area (Å²) in [5.41, 5.74) is 0.304. The molecule has 0 saturated carbocycles. The molecule has 98 valence electrons. The second-order valence-corrected chi connectivity index (χ2v) is 4.53. The van der Waals surface area contributed by atoms with Crippen molar-refractivity contribution in [3.8, 4) is 0 Å². The SMILES string of the molecule is COC(=O)C1CCN(C(=O)c2ccon2)CC1C. The zero-order valence-electron chi connectivity index (χ0n) is 10.5. The second kappa shape index (κ2) is 5.20. The third-order valence-electron chi connectivity index (χ3n) is 3.35. The predicted octanol–water partition coefficient (Wildman–Crippen LogP) is 0.946. The first-order valence-corrected chi connectivity index (χ1v) is 5.91. The van der Waals surface area contributed by atoms with E-state index in [9.17, 15) is 9.59 Å². The fraction of sp³-hybridized carbons (Fsp3) is 0.583. The van der Waals surface area contributed by atoms with E-state index in [4.69, 9.17) is 4.74 Å². The van der Waals surface area contributed by atoms with E-state index in [1.165, 1.54) is 13.4 Å². The number of amides is 1. The zero-order valence-corrected chi connectivity index (χ0v) is 10.5. The first-order valence-electron chi connectivity index (χ1n) is 5.91. The number of rotatable bonds is 2. The first kappa shape index (κ1) is 12.6. The summed E-state index contributed by atoms with van der Waals surface area (Å²) < 4.78 is 9.42. The van der Waals surface area contributed by atoms with Crippen molar-refractivity contribution in [2.45, 2.75) is 13.3 Å². The van der Waals surface area contributed by atoms with Crippen LogP contribution in [0.5, 0.6) is 0 Å². The Morgan fingerprint density at radius 1 is 1.56 bits per heavy atom. The largest absolute Gasteiger partial charge is 0.469 e. The Kier molecular flexibility index (Phi) is 3.64. The molecule has 6 heteroatoms. The molecule has 18 heavy (non-hydrogen) atoms. The summed E-state index contributed by atoms with van der Waals surface area (Å²) in [5.74, 6) is -0.395. The zero-order chi connectivity index (χ0) is 13.1. The van der Waals surface area contributed by atoms with Gasteiger partial charge in [-0.15, -0.1) is 0 Å². The normalized spacial score (nSPS) is 23.8. The molecule has 2 atom stereocenters. The van der Waals surface area contributed by atoms with Crippen molar-refractivity contribution < 1.29 is 18.8 Å². The summed E-state index contributed by atoms with van der Waals surface area (Å²) in [6, 6.07) is 1.54. The van der Waals surface area contributed by atoms with Crippen molar-refractivity contribution in [1.29, 1.82) is 0 Å². The number of aromatic nitrogens is 1. The van der Waals surface area contributed by atoms with Crippen LogP contribution in [0.25, 0.3) is 0 Å². The molecule has 0 radical (unpaired) electrons. The summed E-state index contributed by atoms with van der Waals surface area (Å²) in [6.07, 6.45) is 2.00. The molecule has 1 saturated heterocycles. The highest BCUT2D eigenvalue weighted by Gasteiger charge is 2.34. The summed E-state index contributed by atoms with van der Waals surface area (Å²) in [6.45, 7) is 3.02. The molecular formula is C12H16N2O4. The summed E-state index contributed by atoms with van der Waals surface area (Å²) in [5, 5.41) is 3.63. The van der Waals surface area contributed by atoms with E-state index >= 15 is 0 Å². The highest BCUT2D eigenvalue weighted by atomic mass is 16.5. The van der Waals surface area contributed by atoms with E-state index in [-0.39, 0.29) is 23.7 Å². The Morgan fingerprint density at radius 3 is 2.89 bits per heavy atom. The van der Waals surface area contributed by atoms with Gasteiger partial charge in [-0.25, -0.2) is 0 Å². The Balaban J connectivity index is 2.00. The molecule has 1 aromatic rings. The Bertz CT molecular complexity index is 429. The summed E-state index contributed by atoms with van der Waals surface area (Å²) in [7, 11) is 1.39. The number of hydrogen-bond acceptors (Lipinski definition) is 5. The third kappa shape index (κ3) is 2.37. The smallest absolute Gasteiger partial charge is 0.309 e. The topological polar surface area (TPSA) is 72.6 Å². The lowest BCUT2D eigenvalue weighted by molar-refractivity contribution is -0.148. The lowest BCUT2D eigenvalue weighted by Crippen LogP contribution is -2.45. The molecule has 0 bridgehead atoms. The molecule has 2 unspecified atom stereocenters. The molecule has 0 spiro atoms. The summed E-state index contributed by atoms with van der Waals surface area (Å²) >= 11 is 0. The molecule has 0 aliphatic carbocycles. The van der Waals surface area contributed by atoms with Gasteiger partial charge in [-0.05, 0) is 12.3 Å². The van der Waals surface area contributed by atoms with Crippen LogP contribution in [0, 0.1) is 11.8 Å². The van der Waals surface area contributed by atoms with Gasteiger partial charge < -0.3 is 14.2 Å². The van der Waals surface area contributed by atoms with Gasteiger partial charge in [-0.3, -0.25) is 9.59 Å². The van der Waals surface area contributed by atoms with Crippen LogP contribution in [0.3, 0.4) is 0 Å². The van der Waals surface area contributed by atoms with Crippen molar-refractivity contribution in [2.75, 3.05) is 20.2 Å². The number of carbonyl (C=O) groups excluding carboxylic acids is 2. The number of methoxy groups -OCH3 is 1. The number of piperidine rings is 1. The van der Waals surface area contributed by atoms with Gasteiger partial charge in [0.2, 0.25) is 0 Å². The Labute approximate surface area is 105 Å². The highest BCUT2D eigenvalue weighted by molar-refractivity contribution is 5.92. The average molecular weight is 252 g/mol. The summed E-state index contributed by atoms with van der Waals surface area (Å²) in [4.78, 5) is 25.3. The maximum atomic E-state index is 12.0. The van der Waals surface area contributed by atoms with Gasteiger partial charge in [-0.2, -0.15) is 0 Å². The average Bonchev–Trinajstić information content (AvgIpc) is 2.90. The standard InChI is InChI=1S/C12H16N2O4/c1-8-7-14(5-3-9(8)12(16)17-2)11(15)10-4-6-18-13-10/h4,6,8-9H,3,5,7H2,1-2H3. The van der Waals surface area contributed by atoms with Crippen LogP contribution >= 0.6 is 0 Å². The minimum atomic E-state index is -0.198. The lowest BCUT2D eigenvalue weighted by Gasteiger charge is -2.35. The molecular weight excluding hydrogens is 236 g/mol. The molecule has 1 aliphatic heterocycles. The number of carbonyl (C=O) groups is 2. The molecule has 0 N–H and O–H groups in total. The van der Waals surface area contributed by atoms with Crippen molar-refractivity contribution in [2.24, 2.45) is 11.8 Å². The number of nitrogens with zero attached hydrogens (tertiary/aromatic N) is 2. The van der Waals surface area contributed by atoms with Crippen LogP contribution < -0.4 is 0 Å². The number of likely N-dealkylation sites (tertiary alicyclic amines) is 1. The van der Waals surface area contributed by atoms with Crippen LogP contribution in [0.1, 0.15) is 23.8 Å². The van der Waals surface area contributed by atoms with Crippen LogP contribution in [-0.2, 0) is 9.53 Å². The van der Waals surface area contributed by atoms with Crippen LogP contribution in [-0.4, -0.2) is 42.1 Å². The third-order valence-corrected chi connectivity index (χ3v) is 3.35. The van der Waals surface area contributed by atoms with E-state index < -0.39 is 0 Å². The van der Waals surface area contributed by atoms with Gasteiger partial charge >= 0.3 is 5.97 Å². The minimum Gasteiger partial charge on any atom is -0.469 e. The van der Waals surface area contributed by atoms with E-state index in [1.807, 2.05) is 6.92 Å². The monoisotopic (exact) mass is 252 g/mol. The highest BCUT2D eigenvalue weighted by Crippen LogP contribution is 2.25. The van der Waals surface area contributed by atoms with Crippen LogP contribution in [0.4, 0.5) is 0 Å². The maximum absolute atomic E-state index is 12.0.